The molecule has 0 radical (unpaired) electrons. The molecule has 1 aromatic carbocycles. The first-order valence-corrected chi connectivity index (χ1v) is 8.19. The summed E-state index contributed by atoms with van der Waals surface area (Å²) in [6, 6.07) is 8.77. The Hall–Kier alpha value is -2.34. The molecule has 0 bridgehead atoms. The van der Waals surface area contributed by atoms with Gasteiger partial charge >= 0.3 is 6.03 Å². The Kier molecular flexibility index (Phi) is 5.39. The highest BCUT2D eigenvalue weighted by atomic mass is 32.1. The minimum atomic E-state index is -0.256. The van der Waals surface area contributed by atoms with Gasteiger partial charge in [-0.2, -0.15) is 0 Å². The van der Waals surface area contributed by atoms with Crippen molar-refractivity contribution >= 4 is 34.6 Å². The van der Waals surface area contributed by atoms with E-state index in [4.69, 9.17) is 0 Å². The Morgan fingerprint density at radius 1 is 1.04 bits per heavy atom. The van der Waals surface area contributed by atoms with Gasteiger partial charge in [-0.1, -0.05) is 0 Å². The monoisotopic (exact) mass is 331 g/mol. The number of carbonyl (C=O) groups is 2. The number of thiophene rings is 1. The second-order valence-corrected chi connectivity index (χ2v) is 6.91. The molecule has 0 aliphatic heterocycles. The van der Waals surface area contributed by atoms with E-state index in [2.05, 4.69) is 35.9 Å². The summed E-state index contributed by atoms with van der Waals surface area (Å²) in [6.07, 6.45) is 0. The van der Waals surface area contributed by atoms with Gasteiger partial charge in [0.25, 0.3) is 0 Å². The first-order valence-electron chi connectivity index (χ1n) is 7.37. The zero-order chi connectivity index (χ0) is 17.0. The van der Waals surface area contributed by atoms with Crippen LogP contribution in [0.4, 0.5) is 16.2 Å². The van der Waals surface area contributed by atoms with E-state index in [-0.39, 0.29) is 18.0 Å². The maximum Gasteiger partial charge on any atom is 0.319 e. The third kappa shape index (κ3) is 4.82. The number of rotatable bonds is 4. The molecule has 0 saturated carbocycles. The number of nitrogens with one attached hydrogen (secondary N) is 3. The summed E-state index contributed by atoms with van der Waals surface area (Å²) >= 11 is 1.73. The number of hydrogen-bond donors (Lipinski definition) is 3. The van der Waals surface area contributed by atoms with E-state index >= 15 is 0 Å². The smallest absolute Gasteiger partial charge is 0.319 e. The predicted octanol–water partition coefficient (Wildman–Crippen LogP) is 4.21. The van der Waals surface area contributed by atoms with E-state index in [0.29, 0.717) is 11.4 Å². The highest BCUT2D eigenvalue weighted by molar-refractivity contribution is 7.12. The van der Waals surface area contributed by atoms with Gasteiger partial charge in [-0.15, -0.1) is 11.3 Å². The van der Waals surface area contributed by atoms with Gasteiger partial charge in [-0.3, -0.25) is 4.79 Å². The van der Waals surface area contributed by atoms with Crippen LogP contribution in [0.1, 0.15) is 35.2 Å². The molecule has 0 aliphatic rings. The molecule has 3 N–H and O–H groups in total. The summed E-state index contributed by atoms with van der Waals surface area (Å²) in [6.45, 7) is 7.54. The van der Waals surface area contributed by atoms with Crippen LogP contribution in [0.2, 0.25) is 0 Å². The van der Waals surface area contributed by atoms with Crippen molar-refractivity contribution < 1.29 is 9.59 Å². The Morgan fingerprint density at radius 3 is 2.09 bits per heavy atom. The molecule has 0 saturated heterocycles. The molecule has 0 fully saturated rings. The largest absolute Gasteiger partial charge is 0.331 e. The third-order valence-corrected chi connectivity index (χ3v) is 4.34. The van der Waals surface area contributed by atoms with Crippen molar-refractivity contribution in [2.24, 2.45) is 0 Å². The molecule has 1 atom stereocenters. The number of aryl methyl sites for hydroxylation is 2. The SMILES string of the molecule is CC(=O)Nc1ccc(NC(=O)NC(C)c2cc(C)sc2C)cc1. The Morgan fingerprint density at radius 2 is 1.61 bits per heavy atom. The van der Waals surface area contributed by atoms with Gasteiger partial charge < -0.3 is 16.0 Å². The maximum absolute atomic E-state index is 12.1. The second kappa shape index (κ2) is 7.28. The van der Waals surface area contributed by atoms with Crippen LogP contribution >= 0.6 is 11.3 Å². The van der Waals surface area contributed by atoms with E-state index < -0.39 is 0 Å². The lowest BCUT2D eigenvalue weighted by molar-refractivity contribution is -0.114. The first-order chi connectivity index (χ1) is 10.8. The molecule has 23 heavy (non-hydrogen) atoms. The molecule has 5 nitrogen and oxygen atoms in total. The Bertz CT molecular complexity index is 707. The number of anilines is 2. The lowest BCUT2D eigenvalue weighted by Gasteiger charge is -2.15. The van der Waals surface area contributed by atoms with Crippen molar-refractivity contribution in [3.63, 3.8) is 0 Å². The van der Waals surface area contributed by atoms with Gasteiger partial charge in [0.1, 0.15) is 0 Å². The van der Waals surface area contributed by atoms with Crippen LogP contribution in [0.3, 0.4) is 0 Å². The quantitative estimate of drug-likeness (QED) is 0.785. The molecule has 3 amide bonds. The average Bonchev–Trinajstić information content (AvgIpc) is 2.79. The fraction of sp³-hybridized carbons (Fsp3) is 0.294. The fourth-order valence-electron chi connectivity index (χ4n) is 2.36. The van der Waals surface area contributed by atoms with E-state index in [1.54, 1.807) is 35.6 Å². The van der Waals surface area contributed by atoms with Crippen LogP contribution in [0.25, 0.3) is 0 Å². The zero-order valence-electron chi connectivity index (χ0n) is 13.7. The number of hydrogen-bond acceptors (Lipinski definition) is 3. The molecule has 1 aromatic heterocycles. The second-order valence-electron chi connectivity index (χ2n) is 5.45. The lowest BCUT2D eigenvalue weighted by atomic mass is 10.1. The topological polar surface area (TPSA) is 70.2 Å². The summed E-state index contributed by atoms with van der Waals surface area (Å²) in [4.78, 5) is 25.5. The maximum atomic E-state index is 12.1. The van der Waals surface area contributed by atoms with Crippen molar-refractivity contribution in [3.05, 3.63) is 45.6 Å². The summed E-state index contributed by atoms with van der Waals surface area (Å²) in [7, 11) is 0. The van der Waals surface area contributed by atoms with Crippen molar-refractivity contribution in [2.75, 3.05) is 10.6 Å². The van der Waals surface area contributed by atoms with Crippen molar-refractivity contribution in [3.8, 4) is 0 Å². The van der Waals surface area contributed by atoms with Crippen molar-refractivity contribution in [1.82, 2.24) is 5.32 Å². The van der Waals surface area contributed by atoms with Crippen LogP contribution in [-0.4, -0.2) is 11.9 Å². The Labute approximate surface area is 140 Å². The van der Waals surface area contributed by atoms with E-state index in [1.807, 2.05) is 6.92 Å². The van der Waals surface area contributed by atoms with E-state index in [0.717, 1.165) is 5.56 Å². The molecule has 0 spiro atoms. The van der Waals surface area contributed by atoms with Gasteiger partial charge in [0.05, 0.1) is 6.04 Å². The third-order valence-electron chi connectivity index (χ3n) is 3.36. The fourth-order valence-corrected chi connectivity index (χ4v) is 3.38. The van der Waals surface area contributed by atoms with Gasteiger partial charge in [-0.25, -0.2) is 4.79 Å². The van der Waals surface area contributed by atoms with Crippen LogP contribution in [0, 0.1) is 13.8 Å². The van der Waals surface area contributed by atoms with Crippen LogP contribution in [-0.2, 0) is 4.79 Å². The number of benzene rings is 1. The van der Waals surface area contributed by atoms with Gasteiger partial charge in [-0.05, 0) is 56.7 Å². The molecular formula is C17H21N3O2S. The van der Waals surface area contributed by atoms with Gasteiger partial charge in [0.2, 0.25) is 5.91 Å². The average molecular weight is 331 g/mol. The molecule has 122 valence electrons. The van der Waals surface area contributed by atoms with Crippen molar-refractivity contribution in [1.29, 1.82) is 0 Å². The molecule has 0 aliphatic carbocycles. The van der Waals surface area contributed by atoms with Gasteiger partial charge in [0, 0.05) is 28.1 Å². The van der Waals surface area contributed by atoms with Crippen LogP contribution in [0.5, 0.6) is 0 Å². The van der Waals surface area contributed by atoms with Crippen LogP contribution in [0.15, 0.2) is 30.3 Å². The number of amides is 3. The minimum Gasteiger partial charge on any atom is -0.331 e. The number of urea groups is 1. The molecule has 1 heterocycles. The Balaban J connectivity index is 1.94. The lowest BCUT2D eigenvalue weighted by Crippen LogP contribution is -2.31. The minimum absolute atomic E-state index is 0.0568. The molecule has 2 rings (SSSR count). The first kappa shape index (κ1) is 17.0. The standard InChI is InChI=1S/C17H21N3O2S/c1-10-9-16(12(3)23-10)11(2)18-17(22)20-15-7-5-14(6-8-15)19-13(4)21/h5-9,11H,1-4H3,(H,19,21)(H2,18,20,22). The van der Waals surface area contributed by atoms with Crippen molar-refractivity contribution in [2.45, 2.75) is 33.7 Å². The van der Waals surface area contributed by atoms with Gasteiger partial charge in [0.15, 0.2) is 0 Å². The molecule has 6 heteroatoms. The predicted molar refractivity (Wildman–Crippen MR) is 95.1 cm³/mol. The van der Waals surface area contributed by atoms with E-state index in [9.17, 15) is 9.59 Å². The molecule has 1 unspecified atom stereocenters. The zero-order valence-corrected chi connectivity index (χ0v) is 14.5. The molecule has 2 aromatic rings. The highest BCUT2D eigenvalue weighted by Crippen LogP contribution is 2.26. The normalized spacial score (nSPS) is 11.7. The summed E-state index contributed by atoms with van der Waals surface area (Å²) in [5.74, 6) is -0.126. The number of carbonyl (C=O) groups excluding carboxylic acids is 2. The summed E-state index contributed by atoms with van der Waals surface area (Å²) in [5.41, 5.74) is 2.51. The summed E-state index contributed by atoms with van der Waals surface area (Å²) < 4.78 is 0. The molecular weight excluding hydrogens is 310 g/mol. The van der Waals surface area contributed by atoms with Crippen LogP contribution < -0.4 is 16.0 Å². The van der Waals surface area contributed by atoms with E-state index in [1.165, 1.54) is 16.7 Å². The highest BCUT2D eigenvalue weighted by Gasteiger charge is 2.13. The summed E-state index contributed by atoms with van der Waals surface area (Å²) in [5, 5.41) is 8.40.